The van der Waals surface area contributed by atoms with E-state index in [0.29, 0.717) is 10.7 Å². The molecule has 2 amide bonds. The smallest absolute Gasteiger partial charge is 0.273 e. The van der Waals surface area contributed by atoms with E-state index in [2.05, 4.69) is 5.32 Å². The van der Waals surface area contributed by atoms with E-state index in [-0.39, 0.29) is 40.2 Å². The van der Waals surface area contributed by atoms with Gasteiger partial charge in [0.15, 0.2) is 0 Å². The molecule has 0 saturated heterocycles. The first-order valence-corrected chi connectivity index (χ1v) is 15.5. The maximum atomic E-state index is 14.7. The lowest BCUT2D eigenvalue weighted by atomic mass is 10.1. The van der Waals surface area contributed by atoms with Gasteiger partial charge in [0.2, 0.25) is 11.8 Å². The second-order valence-electron chi connectivity index (χ2n) is 10.1. The van der Waals surface area contributed by atoms with Crippen LogP contribution in [-0.4, -0.2) is 55.8 Å². The predicted octanol–water partition coefficient (Wildman–Crippen LogP) is 5.23. The van der Waals surface area contributed by atoms with E-state index in [4.69, 9.17) is 16.3 Å². The van der Waals surface area contributed by atoms with Gasteiger partial charge in [-0.05, 0) is 57.5 Å². The van der Waals surface area contributed by atoms with Crippen LogP contribution in [0.5, 0.6) is 5.75 Å². The number of anilines is 1. The fourth-order valence-electron chi connectivity index (χ4n) is 4.30. The molecule has 0 aliphatic carbocycles. The van der Waals surface area contributed by atoms with Crippen LogP contribution >= 0.6 is 11.6 Å². The van der Waals surface area contributed by atoms with Gasteiger partial charge in [-0.15, -0.1) is 0 Å². The minimum absolute atomic E-state index is 0.0376. The second-order valence-corrected chi connectivity index (χ2v) is 12.4. The maximum absolute atomic E-state index is 14.7. The third kappa shape index (κ3) is 7.83. The van der Waals surface area contributed by atoms with Crippen LogP contribution in [-0.2, 0) is 26.2 Å². The summed E-state index contributed by atoms with van der Waals surface area (Å²) in [6.07, 6.45) is 0.614. The molecule has 2 atom stereocenters. The van der Waals surface area contributed by atoms with Crippen LogP contribution < -0.4 is 14.4 Å². The first-order chi connectivity index (χ1) is 20.7. The Morgan fingerprint density at radius 2 is 1.80 bits per heavy atom. The van der Waals surface area contributed by atoms with E-state index in [1.54, 1.807) is 13.0 Å². The molecule has 0 bridgehead atoms. The molecular weight excluding hydrogens is 615 g/mol. The Hall–Kier alpha value is -4.23. The van der Waals surface area contributed by atoms with Crippen molar-refractivity contribution in [3.05, 3.63) is 92.7 Å². The molecule has 236 valence electrons. The van der Waals surface area contributed by atoms with Crippen LogP contribution in [0.2, 0.25) is 5.02 Å². The summed E-state index contributed by atoms with van der Waals surface area (Å²) in [6.45, 7) is 5.34. The molecule has 0 aromatic heterocycles. The first kappa shape index (κ1) is 34.3. The number of amides is 2. The summed E-state index contributed by atoms with van der Waals surface area (Å²) < 4.78 is 49.1. The number of rotatable bonds is 13. The van der Waals surface area contributed by atoms with Gasteiger partial charge in [-0.2, -0.15) is 0 Å². The monoisotopic (exact) mass is 648 g/mol. The first-order valence-electron chi connectivity index (χ1n) is 13.7. The number of nitro groups is 1. The third-order valence-electron chi connectivity index (χ3n) is 7.12. The highest BCUT2D eigenvalue weighted by Crippen LogP contribution is 2.36. The molecule has 3 aromatic rings. The summed E-state index contributed by atoms with van der Waals surface area (Å²) in [5.74, 6) is -1.95. The predicted molar refractivity (Wildman–Crippen MR) is 165 cm³/mol. The van der Waals surface area contributed by atoms with Gasteiger partial charge in [0.1, 0.15) is 24.2 Å². The highest BCUT2D eigenvalue weighted by molar-refractivity contribution is 7.92. The van der Waals surface area contributed by atoms with Gasteiger partial charge in [0, 0.05) is 34.8 Å². The Morgan fingerprint density at radius 1 is 1.11 bits per heavy atom. The number of nitrogens with zero attached hydrogens (tertiary/aromatic N) is 3. The summed E-state index contributed by atoms with van der Waals surface area (Å²) >= 11 is 6.22. The summed E-state index contributed by atoms with van der Waals surface area (Å²) in [7, 11) is -3.39. The molecule has 0 heterocycles. The molecule has 3 aromatic carbocycles. The number of halogens is 2. The standard InChI is InChI=1S/C30H34ClFN4O7S/c1-6-20(3)33-30(38)21(4)34(17-22-9-7-8-10-25(22)32)29(37)18-35(27-15-23(31)12-14-28(27)43-5)44(41,42)24-13-11-19(2)26(16-24)36(39)40/h7-16,20-21H,6,17-18H2,1-5H3,(H,33,38)/t20-,21+/m0/s1. The Labute approximate surface area is 260 Å². The number of carbonyl (C=O) groups is 2. The van der Waals surface area contributed by atoms with Gasteiger partial charge in [-0.25, -0.2) is 12.8 Å². The van der Waals surface area contributed by atoms with Crippen LogP contribution in [0.4, 0.5) is 15.8 Å². The Kier molecular flexibility index (Phi) is 11.3. The van der Waals surface area contributed by atoms with Crippen LogP contribution in [0.3, 0.4) is 0 Å². The third-order valence-corrected chi connectivity index (χ3v) is 9.11. The molecule has 0 saturated carbocycles. The largest absolute Gasteiger partial charge is 0.495 e. The Bertz CT molecular complexity index is 1650. The summed E-state index contributed by atoms with van der Waals surface area (Å²) in [5.41, 5.74) is -0.229. The van der Waals surface area contributed by atoms with Crippen LogP contribution in [0.15, 0.2) is 65.6 Å². The van der Waals surface area contributed by atoms with Crippen molar-refractivity contribution < 1.29 is 32.1 Å². The number of ether oxygens (including phenoxy) is 1. The van der Waals surface area contributed by atoms with Gasteiger partial charge in [0.05, 0.1) is 22.6 Å². The van der Waals surface area contributed by atoms with Gasteiger partial charge < -0.3 is 15.0 Å². The van der Waals surface area contributed by atoms with E-state index in [0.717, 1.165) is 11.0 Å². The normalized spacial score (nSPS) is 12.6. The average Bonchev–Trinajstić information content (AvgIpc) is 2.98. The van der Waals surface area contributed by atoms with Gasteiger partial charge in [-0.3, -0.25) is 24.0 Å². The number of hydrogen-bond acceptors (Lipinski definition) is 7. The Morgan fingerprint density at radius 3 is 2.41 bits per heavy atom. The Balaban J connectivity index is 2.17. The lowest BCUT2D eigenvalue weighted by molar-refractivity contribution is -0.385. The van der Waals surface area contributed by atoms with E-state index >= 15 is 0 Å². The molecule has 44 heavy (non-hydrogen) atoms. The lowest BCUT2D eigenvalue weighted by Gasteiger charge is -2.33. The number of methoxy groups -OCH3 is 1. The minimum atomic E-state index is -4.69. The molecule has 0 spiro atoms. The van der Waals surface area contributed by atoms with Crippen LogP contribution in [0.1, 0.15) is 38.3 Å². The number of carbonyl (C=O) groups excluding carboxylic acids is 2. The molecule has 3 rings (SSSR count). The van der Waals surface area contributed by atoms with Crippen molar-refractivity contribution in [3.8, 4) is 5.75 Å². The second kappa shape index (κ2) is 14.5. The molecule has 0 aliphatic heterocycles. The molecule has 0 fully saturated rings. The lowest BCUT2D eigenvalue weighted by Crippen LogP contribution is -2.52. The van der Waals surface area contributed by atoms with E-state index in [1.807, 2.05) is 6.92 Å². The number of nitrogens with one attached hydrogen (secondary N) is 1. The fourth-order valence-corrected chi connectivity index (χ4v) is 5.91. The molecule has 0 unspecified atom stereocenters. The van der Waals surface area contributed by atoms with Crippen molar-refractivity contribution in [2.75, 3.05) is 18.0 Å². The van der Waals surface area contributed by atoms with Crippen LogP contribution in [0.25, 0.3) is 0 Å². The summed E-state index contributed by atoms with van der Waals surface area (Å²) in [4.78, 5) is 38.7. The number of sulfonamides is 1. The van der Waals surface area contributed by atoms with Gasteiger partial charge >= 0.3 is 0 Å². The van der Waals surface area contributed by atoms with Gasteiger partial charge in [-0.1, -0.05) is 42.8 Å². The average molecular weight is 649 g/mol. The minimum Gasteiger partial charge on any atom is -0.495 e. The quantitative estimate of drug-likeness (QED) is 0.198. The molecular formula is C30H34ClFN4O7S. The van der Waals surface area contributed by atoms with E-state index in [9.17, 15) is 32.5 Å². The highest BCUT2D eigenvalue weighted by atomic mass is 35.5. The van der Waals surface area contributed by atoms with Gasteiger partial charge in [0.25, 0.3) is 15.7 Å². The molecule has 0 aliphatic rings. The van der Waals surface area contributed by atoms with Crippen molar-refractivity contribution in [1.29, 1.82) is 0 Å². The highest BCUT2D eigenvalue weighted by Gasteiger charge is 2.35. The van der Waals surface area contributed by atoms with E-state index in [1.165, 1.54) is 69.5 Å². The van der Waals surface area contributed by atoms with Crippen molar-refractivity contribution in [1.82, 2.24) is 10.2 Å². The maximum Gasteiger partial charge on any atom is 0.273 e. The SMILES string of the molecule is CC[C@H](C)NC(=O)[C@@H](C)N(Cc1ccccc1F)C(=O)CN(c1cc(Cl)ccc1OC)S(=O)(=O)c1ccc(C)c([N+](=O)[O-])c1. The fraction of sp³-hybridized carbons (Fsp3) is 0.333. The molecule has 1 N–H and O–H groups in total. The van der Waals surface area contributed by atoms with Crippen LogP contribution in [0, 0.1) is 22.9 Å². The molecule has 14 heteroatoms. The number of nitro benzene ring substituents is 1. The number of hydrogen-bond donors (Lipinski definition) is 1. The van der Waals surface area contributed by atoms with Crippen molar-refractivity contribution >= 4 is 44.8 Å². The van der Waals surface area contributed by atoms with E-state index < -0.39 is 55.7 Å². The van der Waals surface area contributed by atoms with Crippen molar-refractivity contribution in [2.24, 2.45) is 0 Å². The number of benzene rings is 3. The molecule has 0 radical (unpaired) electrons. The molecule has 11 nitrogen and oxygen atoms in total. The topological polar surface area (TPSA) is 139 Å². The zero-order chi connectivity index (χ0) is 32.8. The van der Waals surface area contributed by atoms with Crippen molar-refractivity contribution in [3.63, 3.8) is 0 Å². The summed E-state index contributed by atoms with van der Waals surface area (Å²) in [5, 5.41) is 14.5. The summed E-state index contributed by atoms with van der Waals surface area (Å²) in [6, 6.07) is 11.9. The van der Waals surface area contributed by atoms with Crippen molar-refractivity contribution in [2.45, 2.75) is 57.6 Å². The zero-order valence-corrected chi connectivity index (χ0v) is 26.5. The number of aryl methyl sites for hydroxylation is 1. The zero-order valence-electron chi connectivity index (χ0n) is 24.9.